The quantitative estimate of drug-likeness (QED) is 0.217. The molecule has 0 aromatic carbocycles. The summed E-state index contributed by atoms with van der Waals surface area (Å²) < 4.78 is 0. The summed E-state index contributed by atoms with van der Waals surface area (Å²) in [6.45, 7) is 18.3. The Labute approximate surface area is 179 Å². The van der Waals surface area contributed by atoms with Crippen LogP contribution in [0.25, 0.3) is 0 Å². The minimum atomic E-state index is 0. The fraction of sp³-hybridized carbons (Fsp3) is 0.950. The van der Waals surface area contributed by atoms with Gasteiger partial charge in [-0.25, -0.2) is 0 Å². The number of piperidine rings is 1. The zero-order valence-corrected chi connectivity index (χ0v) is 20.4. The van der Waals surface area contributed by atoms with E-state index in [-0.39, 0.29) is 24.0 Å². The molecule has 1 fully saturated rings. The second-order valence-corrected chi connectivity index (χ2v) is 7.87. The van der Waals surface area contributed by atoms with Crippen molar-refractivity contribution in [2.24, 2.45) is 10.9 Å². The minimum absolute atomic E-state index is 0. The van der Waals surface area contributed by atoms with E-state index >= 15 is 0 Å². The van der Waals surface area contributed by atoms with Gasteiger partial charge in [-0.05, 0) is 78.9 Å². The van der Waals surface area contributed by atoms with E-state index in [1.54, 1.807) is 0 Å². The van der Waals surface area contributed by atoms with Gasteiger partial charge in [-0.2, -0.15) is 0 Å². The Morgan fingerprint density at radius 2 is 1.65 bits per heavy atom. The molecule has 0 radical (unpaired) electrons. The van der Waals surface area contributed by atoms with E-state index in [9.17, 15) is 0 Å². The number of aliphatic imine (C=N–C) groups is 1. The molecule has 2 N–H and O–H groups in total. The first-order valence-electron chi connectivity index (χ1n) is 10.4. The van der Waals surface area contributed by atoms with E-state index in [0.717, 1.165) is 37.9 Å². The number of likely N-dealkylation sites (tertiary alicyclic amines) is 1. The van der Waals surface area contributed by atoms with E-state index in [0.29, 0.717) is 12.1 Å². The first-order chi connectivity index (χ1) is 12.0. The third kappa shape index (κ3) is 10.3. The first-order valence-corrected chi connectivity index (χ1v) is 10.4. The van der Waals surface area contributed by atoms with E-state index in [2.05, 4.69) is 60.0 Å². The highest BCUT2D eigenvalue weighted by Crippen LogP contribution is 2.19. The van der Waals surface area contributed by atoms with Crippen LogP contribution in [-0.4, -0.2) is 74.2 Å². The van der Waals surface area contributed by atoms with Crippen molar-refractivity contribution in [1.82, 2.24) is 20.4 Å². The van der Waals surface area contributed by atoms with Gasteiger partial charge >= 0.3 is 0 Å². The van der Waals surface area contributed by atoms with Gasteiger partial charge in [0, 0.05) is 38.8 Å². The van der Waals surface area contributed by atoms with Crippen LogP contribution in [0.5, 0.6) is 0 Å². The van der Waals surface area contributed by atoms with Crippen molar-refractivity contribution >= 4 is 29.9 Å². The molecule has 5 nitrogen and oxygen atoms in total. The van der Waals surface area contributed by atoms with Gasteiger partial charge in [0.1, 0.15) is 0 Å². The normalized spacial score (nSPS) is 17.0. The molecule has 1 heterocycles. The predicted octanol–water partition coefficient (Wildman–Crippen LogP) is 3.40. The lowest BCUT2D eigenvalue weighted by molar-refractivity contribution is 0.173. The number of hydrogen-bond donors (Lipinski definition) is 2. The van der Waals surface area contributed by atoms with E-state index in [4.69, 9.17) is 0 Å². The van der Waals surface area contributed by atoms with Crippen molar-refractivity contribution in [2.45, 2.75) is 72.4 Å². The summed E-state index contributed by atoms with van der Waals surface area (Å²) in [5.41, 5.74) is 0. The van der Waals surface area contributed by atoms with Crippen LogP contribution in [0.3, 0.4) is 0 Å². The van der Waals surface area contributed by atoms with Gasteiger partial charge in [-0.1, -0.05) is 6.92 Å². The van der Waals surface area contributed by atoms with Crippen molar-refractivity contribution in [1.29, 1.82) is 0 Å². The van der Waals surface area contributed by atoms with Crippen molar-refractivity contribution in [3.05, 3.63) is 0 Å². The van der Waals surface area contributed by atoms with Gasteiger partial charge in [0.2, 0.25) is 0 Å². The van der Waals surface area contributed by atoms with Crippen LogP contribution in [0.2, 0.25) is 0 Å². The van der Waals surface area contributed by atoms with Gasteiger partial charge < -0.3 is 15.5 Å². The second-order valence-electron chi connectivity index (χ2n) is 7.87. The number of nitrogens with zero attached hydrogens (tertiary/aromatic N) is 3. The Hall–Kier alpha value is -0.0800. The smallest absolute Gasteiger partial charge is 0.190 e. The third-order valence-electron chi connectivity index (χ3n) is 5.44. The van der Waals surface area contributed by atoms with Gasteiger partial charge in [0.15, 0.2) is 5.96 Å². The van der Waals surface area contributed by atoms with Crippen molar-refractivity contribution in [3.63, 3.8) is 0 Å². The van der Waals surface area contributed by atoms with Gasteiger partial charge in [0.25, 0.3) is 0 Å². The maximum absolute atomic E-state index is 4.36. The maximum Gasteiger partial charge on any atom is 0.190 e. The Morgan fingerprint density at radius 3 is 2.15 bits per heavy atom. The van der Waals surface area contributed by atoms with Crippen molar-refractivity contribution < 1.29 is 0 Å². The Balaban J connectivity index is 0.00000625. The van der Waals surface area contributed by atoms with Gasteiger partial charge in [-0.3, -0.25) is 9.89 Å². The molecule has 1 saturated heterocycles. The SMILES string of the molecule is CCN1CCC(CCNC(=NC)NCCCN(C(C)C)C(C)C)CC1.I. The minimum Gasteiger partial charge on any atom is -0.356 e. The molecule has 0 aromatic heterocycles. The molecule has 0 atom stereocenters. The van der Waals surface area contributed by atoms with E-state index in [1.165, 1.54) is 38.9 Å². The third-order valence-corrected chi connectivity index (χ3v) is 5.44. The summed E-state index contributed by atoms with van der Waals surface area (Å²) in [6, 6.07) is 1.22. The second kappa shape index (κ2) is 14.9. The lowest BCUT2D eigenvalue weighted by Crippen LogP contribution is -2.42. The fourth-order valence-corrected chi connectivity index (χ4v) is 3.79. The molecular weight excluding hydrogens is 437 g/mol. The van der Waals surface area contributed by atoms with Gasteiger partial charge in [-0.15, -0.1) is 24.0 Å². The topological polar surface area (TPSA) is 42.9 Å². The lowest BCUT2D eigenvalue weighted by atomic mass is 9.93. The molecule has 0 aromatic rings. The van der Waals surface area contributed by atoms with Crippen molar-refractivity contribution in [2.75, 3.05) is 46.3 Å². The summed E-state index contributed by atoms with van der Waals surface area (Å²) in [5.74, 6) is 1.82. The maximum atomic E-state index is 4.36. The Morgan fingerprint density at radius 1 is 1.08 bits per heavy atom. The number of nitrogens with one attached hydrogen (secondary N) is 2. The molecule has 0 bridgehead atoms. The van der Waals surface area contributed by atoms with E-state index < -0.39 is 0 Å². The molecule has 6 heteroatoms. The van der Waals surface area contributed by atoms with Crippen LogP contribution in [0.15, 0.2) is 4.99 Å². The average molecular weight is 482 g/mol. The molecule has 0 unspecified atom stereocenters. The van der Waals surface area contributed by atoms with Crippen LogP contribution >= 0.6 is 24.0 Å². The molecule has 1 aliphatic heterocycles. The standard InChI is InChI=1S/C20H43N5.HI/c1-7-24-15-10-19(11-16-24)9-13-23-20(21-6)22-12-8-14-25(17(2)3)18(4)5;/h17-19H,7-16H2,1-6H3,(H2,21,22,23);1H. The highest BCUT2D eigenvalue weighted by molar-refractivity contribution is 14.0. The van der Waals surface area contributed by atoms with Crippen LogP contribution in [0, 0.1) is 5.92 Å². The molecule has 26 heavy (non-hydrogen) atoms. The highest BCUT2D eigenvalue weighted by Gasteiger charge is 2.17. The van der Waals surface area contributed by atoms with Crippen LogP contribution < -0.4 is 10.6 Å². The first kappa shape index (κ1) is 25.9. The molecular formula is C20H44IN5. The number of hydrogen-bond acceptors (Lipinski definition) is 3. The predicted molar refractivity (Wildman–Crippen MR) is 126 cm³/mol. The van der Waals surface area contributed by atoms with Crippen molar-refractivity contribution in [3.8, 4) is 0 Å². The Bertz CT molecular complexity index is 357. The monoisotopic (exact) mass is 481 g/mol. The molecule has 0 spiro atoms. The summed E-state index contributed by atoms with van der Waals surface area (Å²) >= 11 is 0. The summed E-state index contributed by atoms with van der Waals surface area (Å²) in [5, 5.41) is 6.95. The summed E-state index contributed by atoms with van der Waals surface area (Å²) in [4.78, 5) is 9.46. The van der Waals surface area contributed by atoms with Crippen LogP contribution in [0.4, 0.5) is 0 Å². The fourth-order valence-electron chi connectivity index (χ4n) is 3.79. The molecule has 1 rings (SSSR count). The molecule has 0 aliphatic carbocycles. The largest absolute Gasteiger partial charge is 0.356 e. The highest BCUT2D eigenvalue weighted by atomic mass is 127. The zero-order chi connectivity index (χ0) is 18.7. The number of halogens is 1. The van der Waals surface area contributed by atoms with Crippen LogP contribution in [0.1, 0.15) is 60.3 Å². The number of guanidine groups is 1. The molecule has 0 amide bonds. The Kier molecular flexibility index (Phi) is 14.9. The molecule has 0 saturated carbocycles. The summed E-state index contributed by atoms with van der Waals surface area (Å²) in [6.07, 6.45) is 5.10. The average Bonchev–Trinajstić information content (AvgIpc) is 2.59. The summed E-state index contributed by atoms with van der Waals surface area (Å²) in [7, 11) is 1.86. The zero-order valence-electron chi connectivity index (χ0n) is 18.1. The van der Waals surface area contributed by atoms with Gasteiger partial charge in [0.05, 0.1) is 0 Å². The molecule has 1 aliphatic rings. The van der Waals surface area contributed by atoms with E-state index in [1.807, 2.05) is 7.05 Å². The number of rotatable bonds is 10. The van der Waals surface area contributed by atoms with Crippen LogP contribution in [-0.2, 0) is 0 Å². The lowest BCUT2D eigenvalue weighted by Gasteiger charge is -2.31. The molecule has 156 valence electrons.